The second-order valence-corrected chi connectivity index (χ2v) is 3.42. The predicted octanol–water partition coefficient (Wildman–Crippen LogP) is 1.87. The van der Waals surface area contributed by atoms with Crippen molar-refractivity contribution >= 4 is 28.4 Å². The van der Waals surface area contributed by atoms with Crippen LogP contribution in [0.2, 0.25) is 0 Å². The largest absolute Gasteiger partial charge is 0.227 e. The molecule has 1 aromatic rings. The first-order valence-corrected chi connectivity index (χ1v) is 4.86. The smallest absolute Gasteiger partial charge is 0.168 e. The number of benzene rings is 1. The van der Waals surface area contributed by atoms with Gasteiger partial charge in [0, 0.05) is 5.54 Å². The van der Waals surface area contributed by atoms with Gasteiger partial charge in [0.1, 0.15) is 0 Å². The Morgan fingerprint density at radius 1 is 1.17 bits per heavy atom. The van der Waals surface area contributed by atoms with Crippen molar-refractivity contribution in [2.24, 2.45) is 0 Å². The zero-order valence-corrected chi connectivity index (χ0v) is 7.76. The van der Waals surface area contributed by atoms with Gasteiger partial charge in [-0.1, -0.05) is 23.7 Å². The molecule has 0 aliphatic rings. The van der Waals surface area contributed by atoms with Crippen molar-refractivity contribution in [3.63, 3.8) is 0 Å². The highest BCUT2D eigenvalue weighted by Crippen LogP contribution is 2.07. The number of thiol groups is 1. The minimum absolute atomic E-state index is 0.316. The maximum atomic E-state index is 10.5. The Morgan fingerprint density at radius 3 is 2.17 bits per heavy atom. The van der Waals surface area contributed by atoms with Crippen molar-refractivity contribution in [3.8, 4) is 0 Å². The third kappa shape index (κ3) is 2.36. The van der Waals surface area contributed by atoms with E-state index in [1.54, 1.807) is 18.2 Å². The summed E-state index contributed by atoms with van der Waals surface area (Å²) in [7, 11) is -2.47. The summed E-state index contributed by atoms with van der Waals surface area (Å²) in [6.45, 7) is 0. The fourth-order valence-electron chi connectivity index (χ4n) is 0.780. The van der Waals surface area contributed by atoms with Crippen LogP contribution >= 0.6 is 11.6 Å². The van der Waals surface area contributed by atoms with Crippen LogP contribution in [0.25, 0.3) is 6.08 Å². The molecule has 0 aromatic heterocycles. The molecule has 12 heavy (non-hydrogen) atoms. The van der Waals surface area contributed by atoms with Crippen molar-refractivity contribution in [2.75, 3.05) is 0 Å². The summed E-state index contributed by atoms with van der Waals surface area (Å²) in [6.07, 6.45) is 1.68. The number of rotatable bonds is 2. The first kappa shape index (κ1) is 9.29. The van der Waals surface area contributed by atoms with Gasteiger partial charge in [-0.3, -0.25) is 0 Å². The molecular formula is C8H7ClO2S. The third-order valence-corrected chi connectivity index (χ3v) is 2.21. The molecule has 64 valence electrons. The van der Waals surface area contributed by atoms with E-state index in [2.05, 4.69) is 0 Å². The summed E-state index contributed by atoms with van der Waals surface area (Å²) in [4.78, 5) is 0.316. The van der Waals surface area contributed by atoms with Crippen LogP contribution in [0.3, 0.4) is 0 Å². The van der Waals surface area contributed by atoms with Crippen molar-refractivity contribution in [1.29, 1.82) is 0 Å². The van der Waals surface area contributed by atoms with Gasteiger partial charge in [0.25, 0.3) is 0 Å². The van der Waals surface area contributed by atoms with Crippen LogP contribution in [0.4, 0.5) is 0 Å². The highest BCUT2D eigenvalue weighted by Gasteiger charge is 1.92. The third-order valence-electron chi connectivity index (χ3n) is 1.36. The molecule has 2 nitrogen and oxygen atoms in total. The Balaban J connectivity index is 3.00. The summed E-state index contributed by atoms with van der Waals surface area (Å²) in [5.74, 6) is 0. The lowest BCUT2D eigenvalue weighted by atomic mass is 10.2. The summed E-state index contributed by atoms with van der Waals surface area (Å²) in [6, 6.07) is 6.47. The molecule has 0 N–H and O–H groups in total. The zero-order chi connectivity index (χ0) is 8.97. The van der Waals surface area contributed by atoms with Crippen LogP contribution in [0.15, 0.2) is 34.7 Å². The van der Waals surface area contributed by atoms with Crippen molar-refractivity contribution in [3.05, 3.63) is 35.4 Å². The molecule has 4 heteroatoms. The lowest BCUT2D eigenvalue weighted by Crippen LogP contribution is -1.79. The van der Waals surface area contributed by atoms with Gasteiger partial charge in [0.2, 0.25) is 0 Å². The van der Waals surface area contributed by atoms with Crippen LogP contribution in [0.5, 0.6) is 0 Å². The monoisotopic (exact) mass is 202 g/mol. The fourth-order valence-corrected chi connectivity index (χ4v) is 1.32. The molecule has 0 unspecified atom stereocenters. The van der Waals surface area contributed by atoms with Gasteiger partial charge in [0.15, 0.2) is 10.7 Å². The van der Waals surface area contributed by atoms with Crippen LogP contribution < -0.4 is 0 Å². The molecule has 0 saturated heterocycles. The van der Waals surface area contributed by atoms with Gasteiger partial charge in [-0.25, -0.2) is 8.42 Å². The van der Waals surface area contributed by atoms with E-state index < -0.39 is 10.7 Å². The highest BCUT2D eigenvalue weighted by atomic mass is 35.5. The minimum Gasteiger partial charge on any atom is -0.227 e. The SMILES string of the molecule is O=[SH](=O)c1ccc(C=CCl)cc1. The van der Waals surface area contributed by atoms with Gasteiger partial charge in [-0.2, -0.15) is 0 Å². The first-order chi connectivity index (χ1) is 5.74. The average molecular weight is 203 g/mol. The van der Waals surface area contributed by atoms with Crippen molar-refractivity contribution in [2.45, 2.75) is 4.90 Å². The van der Waals surface area contributed by atoms with Gasteiger partial charge < -0.3 is 0 Å². The van der Waals surface area contributed by atoms with E-state index in [1.165, 1.54) is 17.7 Å². The molecule has 0 atom stereocenters. The molecule has 0 radical (unpaired) electrons. The Labute approximate surface area is 77.4 Å². The fraction of sp³-hybridized carbons (Fsp3) is 0. The summed E-state index contributed by atoms with van der Waals surface area (Å²) < 4.78 is 20.9. The minimum atomic E-state index is -2.47. The van der Waals surface area contributed by atoms with E-state index in [0.717, 1.165) is 5.56 Å². The molecule has 0 heterocycles. The lowest BCUT2D eigenvalue weighted by Gasteiger charge is -1.92. The second kappa shape index (κ2) is 4.28. The second-order valence-electron chi connectivity index (χ2n) is 2.14. The first-order valence-electron chi connectivity index (χ1n) is 3.25. The van der Waals surface area contributed by atoms with E-state index >= 15 is 0 Å². The summed E-state index contributed by atoms with van der Waals surface area (Å²) in [5.41, 5.74) is 2.26. The standard InChI is InChI=1S/C8H7ClO2S/c9-6-5-7-1-3-8(4-2-7)12(10)11/h1-6,12H. The van der Waals surface area contributed by atoms with Crippen LogP contribution in [-0.2, 0) is 10.7 Å². The Bertz CT molecular complexity index is 344. The number of hydrogen-bond donors (Lipinski definition) is 1. The highest BCUT2D eigenvalue weighted by molar-refractivity contribution is 7.72. The van der Waals surface area contributed by atoms with Crippen molar-refractivity contribution < 1.29 is 8.42 Å². The lowest BCUT2D eigenvalue weighted by molar-refractivity contribution is 0.614. The van der Waals surface area contributed by atoms with Gasteiger partial charge in [-0.05, 0) is 23.8 Å². The Morgan fingerprint density at radius 2 is 1.75 bits per heavy atom. The Hall–Kier alpha value is -0.800. The van der Waals surface area contributed by atoms with Gasteiger partial charge in [0.05, 0.1) is 4.90 Å². The molecule has 0 bridgehead atoms. The van der Waals surface area contributed by atoms with E-state index in [1.807, 2.05) is 0 Å². The maximum Gasteiger partial charge on any atom is 0.168 e. The van der Waals surface area contributed by atoms with Gasteiger partial charge >= 0.3 is 0 Å². The molecule has 0 spiro atoms. The number of hydrogen-bond acceptors (Lipinski definition) is 2. The van der Waals surface area contributed by atoms with E-state index in [4.69, 9.17) is 11.6 Å². The molecule has 1 rings (SSSR count). The van der Waals surface area contributed by atoms with E-state index in [9.17, 15) is 8.42 Å². The molecule has 0 aliphatic heterocycles. The quantitative estimate of drug-likeness (QED) is 0.743. The van der Waals surface area contributed by atoms with Crippen molar-refractivity contribution in [1.82, 2.24) is 0 Å². The molecule has 0 saturated carbocycles. The van der Waals surface area contributed by atoms with Crippen LogP contribution in [0.1, 0.15) is 5.56 Å². The van der Waals surface area contributed by atoms with Crippen LogP contribution in [-0.4, -0.2) is 8.42 Å². The van der Waals surface area contributed by atoms with E-state index in [0.29, 0.717) is 4.90 Å². The molecule has 0 amide bonds. The zero-order valence-electron chi connectivity index (χ0n) is 6.11. The average Bonchev–Trinajstić information content (AvgIpc) is 2.06. The summed E-state index contributed by atoms with van der Waals surface area (Å²) in [5, 5.41) is 0. The Kier molecular flexibility index (Phi) is 3.31. The molecular weight excluding hydrogens is 196 g/mol. The predicted molar refractivity (Wildman–Crippen MR) is 49.9 cm³/mol. The molecule has 0 fully saturated rings. The van der Waals surface area contributed by atoms with E-state index in [-0.39, 0.29) is 0 Å². The van der Waals surface area contributed by atoms with Crippen LogP contribution in [0, 0.1) is 0 Å². The molecule has 1 aromatic carbocycles. The normalized spacial score (nSPS) is 11.2. The summed E-state index contributed by atoms with van der Waals surface area (Å²) >= 11 is 5.34. The topological polar surface area (TPSA) is 34.1 Å². The number of halogens is 1. The van der Waals surface area contributed by atoms with Gasteiger partial charge in [-0.15, -0.1) is 0 Å². The maximum absolute atomic E-state index is 10.5. The molecule has 0 aliphatic carbocycles.